The Morgan fingerprint density at radius 1 is 1.24 bits per heavy atom. The SMILES string of the molecule is CC(C)C(=O)Nc1ccc(-c2ccn[nH]2)cc1. The van der Waals surface area contributed by atoms with E-state index in [0.717, 1.165) is 16.9 Å². The first kappa shape index (κ1) is 11.4. The van der Waals surface area contributed by atoms with Gasteiger partial charge in [-0.2, -0.15) is 5.10 Å². The second-order valence-corrected chi connectivity index (χ2v) is 4.19. The lowest BCUT2D eigenvalue weighted by atomic mass is 10.1. The van der Waals surface area contributed by atoms with Crippen LogP contribution in [0.3, 0.4) is 0 Å². The number of aromatic amines is 1. The summed E-state index contributed by atoms with van der Waals surface area (Å²) >= 11 is 0. The van der Waals surface area contributed by atoms with Crippen molar-refractivity contribution in [3.8, 4) is 11.3 Å². The van der Waals surface area contributed by atoms with Gasteiger partial charge in [0.1, 0.15) is 0 Å². The van der Waals surface area contributed by atoms with E-state index in [1.54, 1.807) is 6.20 Å². The lowest BCUT2D eigenvalue weighted by molar-refractivity contribution is -0.118. The second-order valence-electron chi connectivity index (χ2n) is 4.19. The van der Waals surface area contributed by atoms with E-state index in [1.165, 1.54) is 0 Å². The first-order valence-corrected chi connectivity index (χ1v) is 5.57. The van der Waals surface area contributed by atoms with Crippen molar-refractivity contribution in [3.63, 3.8) is 0 Å². The van der Waals surface area contributed by atoms with Crippen LogP contribution in [-0.4, -0.2) is 16.1 Å². The van der Waals surface area contributed by atoms with Crippen LogP contribution in [0.25, 0.3) is 11.3 Å². The fraction of sp³-hybridized carbons (Fsp3) is 0.231. The second kappa shape index (κ2) is 4.82. The highest BCUT2D eigenvalue weighted by atomic mass is 16.1. The molecule has 0 radical (unpaired) electrons. The van der Waals surface area contributed by atoms with Crippen LogP contribution in [0.1, 0.15) is 13.8 Å². The average molecular weight is 229 g/mol. The van der Waals surface area contributed by atoms with Crippen molar-refractivity contribution >= 4 is 11.6 Å². The first-order valence-electron chi connectivity index (χ1n) is 5.57. The van der Waals surface area contributed by atoms with Crippen LogP contribution in [0, 0.1) is 5.92 Å². The summed E-state index contributed by atoms with van der Waals surface area (Å²) in [6, 6.07) is 9.57. The molecule has 4 nitrogen and oxygen atoms in total. The van der Waals surface area contributed by atoms with Gasteiger partial charge in [0.05, 0.1) is 5.69 Å². The molecule has 2 rings (SSSR count). The zero-order valence-electron chi connectivity index (χ0n) is 9.90. The number of aromatic nitrogens is 2. The summed E-state index contributed by atoms with van der Waals surface area (Å²) in [7, 11) is 0. The number of anilines is 1. The van der Waals surface area contributed by atoms with Gasteiger partial charge in [0.15, 0.2) is 0 Å². The van der Waals surface area contributed by atoms with E-state index >= 15 is 0 Å². The molecule has 0 saturated carbocycles. The molecule has 0 unspecified atom stereocenters. The molecule has 0 aliphatic carbocycles. The number of amides is 1. The van der Waals surface area contributed by atoms with Gasteiger partial charge in [0.25, 0.3) is 0 Å². The van der Waals surface area contributed by atoms with Gasteiger partial charge < -0.3 is 5.32 Å². The highest BCUT2D eigenvalue weighted by Gasteiger charge is 2.06. The minimum Gasteiger partial charge on any atom is -0.326 e. The Balaban J connectivity index is 2.11. The third-order valence-electron chi connectivity index (χ3n) is 2.49. The molecule has 4 heteroatoms. The molecular weight excluding hydrogens is 214 g/mol. The van der Waals surface area contributed by atoms with Crippen LogP contribution in [-0.2, 0) is 4.79 Å². The molecule has 2 aromatic rings. The molecule has 0 aliphatic heterocycles. The van der Waals surface area contributed by atoms with Crippen LogP contribution in [0.5, 0.6) is 0 Å². The topological polar surface area (TPSA) is 57.8 Å². The number of nitrogens with one attached hydrogen (secondary N) is 2. The summed E-state index contributed by atoms with van der Waals surface area (Å²) in [5.74, 6) is 0.0153. The van der Waals surface area contributed by atoms with Crippen molar-refractivity contribution in [2.24, 2.45) is 5.92 Å². The maximum absolute atomic E-state index is 11.5. The van der Waals surface area contributed by atoms with E-state index in [4.69, 9.17) is 0 Å². The van der Waals surface area contributed by atoms with E-state index in [-0.39, 0.29) is 11.8 Å². The normalized spacial score (nSPS) is 10.5. The molecule has 0 aliphatic rings. The van der Waals surface area contributed by atoms with Crippen LogP contribution in [0.15, 0.2) is 36.5 Å². The minimum absolute atomic E-state index is 0.0118. The van der Waals surface area contributed by atoms with Gasteiger partial charge in [-0.1, -0.05) is 26.0 Å². The van der Waals surface area contributed by atoms with Gasteiger partial charge in [-0.15, -0.1) is 0 Å². The molecule has 0 fully saturated rings. The molecule has 1 amide bonds. The fourth-order valence-electron chi connectivity index (χ4n) is 1.44. The zero-order valence-corrected chi connectivity index (χ0v) is 9.90. The van der Waals surface area contributed by atoms with Crippen molar-refractivity contribution in [2.45, 2.75) is 13.8 Å². The number of hydrogen-bond donors (Lipinski definition) is 2. The van der Waals surface area contributed by atoms with Gasteiger partial charge in [-0.3, -0.25) is 9.89 Å². The molecule has 0 saturated heterocycles. The largest absolute Gasteiger partial charge is 0.326 e. The molecule has 1 aromatic carbocycles. The Hall–Kier alpha value is -2.10. The number of rotatable bonds is 3. The molecule has 1 heterocycles. The quantitative estimate of drug-likeness (QED) is 0.850. The lowest BCUT2D eigenvalue weighted by Gasteiger charge is -2.07. The predicted molar refractivity (Wildman–Crippen MR) is 67.5 cm³/mol. The fourth-order valence-corrected chi connectivity index (χ4v) is 1.44. The number of nitrogens with zero attached hydrogens (tertiary/aromatic N) is 1. The summed E-state index contributed by atoms with van der Waals surface area (Å²) in [4.78, 5) is 11.5. The minimum atomic E-state index is -0.0118. The number of benzene rings is 1. The summed E-state index contributed by atoms with van der Waals surface area (Å²) in [5.41, 5.74) is 2.82. The lowest BCUT2D eigenvalue weighted by Crippen LogP contribution is -2.17. The van der Waals surface area contributed by atoms with Crippen molar-refractivity contribution in [1.29, 1.82) is 0 Å². The van der Waals surface area contributed by atoms with Crippen molar-refractivity contribution in [3.05, 3.63) is 36.5 Å². The van der Waals surface area contributed by atoms with E-state index < -0.39 is 0 Å². The number of hydrogen-bond acceptors (Lipinski definition) is 2. The van der Waals surface area contributed by atoms with Gasteiger partial charge in [-0.25, -0.2) is 0 Å². The number of carbonyl (C=O) groups excluding carboxylic acids is 1. The average Bonchev–Trinajstić information content (AvgIpc) is 2.83. The van der Waals surface area contributed by atoms with E-state index in [1.807, 2.05) is 44.2 Å². The third kappa shape index (κ3) is 2.72. The Labute approximate surface area is 100 Å². The zero-order chi connectivity index (χ0) is 12.3. The first-order chi connectivity index (χ1) is 8.16. The van der Waals surface area contributed by atoms with Gasteiger partial charge in [0, 0.05) is 17.8 Å². The smallest absolute Gasteiger partial charge is 0.226 e. The highest BCUT2D eigenvalue weighted by molar-refractivity contribution is 5.92. The standard InChI is InChI=1S/C13H15N3O/c1-9(2)13(17)15-11-5-3-10(4-6-11)12-7-8-14-16-12/h3-9H,1-2H3,(H,14,16)(H,15,17). The number of carbonyl (C=O) groups is 1. The molecule has 17 heavy (non-hydrogen) atoms. The van der Waals surface area contributed by atoms with Crippen molar-refractivity contribution < 1.29 is 4.79 Å². The molecule has 2 N–H and O–H groups in total. The van der Waals surface area contributed by atoms with Crippen LogP contribution < -0.4 is 5.32 Å². The van der Waals surface area contributed by atoms with E-state index in [9.17, 15) is 4.79 Å². The van der Waals surface area contributed by atoms with Gasteiger partial charge in [0.2, 0.25) is 5.91 Å². The number of H-pyrrole nitrogens is 1. The summed E-state index contributed by atoms with van der Waals surface area (Å²) < 4.78 is 0. The molecule has 0 atom stereocenters. The highest BCUT2D eigenvalue weighted by Crippen LogP contribution is 2.19. The Bertz CT molecular complexity index is 486. The third-order valence-corrected chi connectivity index (χ3v) is 2.49. The maximum atomic E-state index is 11.5. The molecule has 88 valence electrons. The maximum Gasteiger partial charge on any atom is 0.226 e. The van der Waals surface area contributed by atoms with E-state index in [0.29, 0.717) is 0 Å². The Kier molecular flexibility index (Phi) is 3.23. The van der Waals surface area contributed by atoms with Crippen LogP contribution in [0.4, 0.5) is 5.69 Å². The summed E-state index contributed by atoms with van der Waals surface area (Å²) in [6.07, 6.45) is 1.71. The monoisotopic (exact) mass is 229 g/mol. The van der Waals surface area contributed by atoms with E-state index in [2.05, 4.69) is 15.5 Å². The van der Waals surface area contributed by atoms with Gasteiger partial charge in [-0.05, 0) is 23.8 Å². The van der Waals surface area contributed by atoms with Crippen LogP contribution >= 0.6 is 0 Å². The predicted octanol–water partition coefficient (Wildman–Crippen LogP) is 2.67. The van der Waals surface area contributed by atoms with Crippen molar-refractivity contribution in [1.82, 2.24) is 10.2 Å². The van der Waals surface area contributed by atoms with Crippen LogP contribution in [0.2, 0.25) is 0 Å². The summed E-state index contributed by atoms with van der Waals surface area (Å²) in [6.45, 7) is 3.74. The summed E-state index contributed by atoms with van der Waals surface area (Å²) in [5, 5.41) is 9.64. The molecular formula is C13H15N3O. The van der Waals surface area contributed by atoms with Gasteiger partial charge >= 0.3 is 0 Å². The molecule has 1 aromatic heterocycles. The Morgan fingerprint density at radius 3 is 2.47 bits per heavy atom. The molecule has 0 spiro atoms. The Morgan fingerprint density at radius 2 is 1.94 bits per heavy atom. The van der Waals surface area contributed by atoms with Crippen molar-refractivity contribution in [2.75, 3.05) is 5.32 Å². The molecule has 0 bridgehead atoms.